The van der Waals surface area contributed by atoms with Gasteiger partial charge in [-0.15, -0.1) is 0 Å². The number of likely N-dealkylation sites (tertiary alicyclic amines) is 2. The minimum absolute atomic E-state index is 0.135. The van der Waals surface area contributed by atoms with E-state index in [9.17, 15) is 24.3 Å². The molecule has 3 aliphatic heterocycles. The summed E-state index contributed by atoms with van der Waals surface area (Å²) in [5.41, 5.74) is 7.37. The summed E-state index contributed by atoms with van der Waals surface area (Å²) in [5.74, 6) is 0.876. The molecule has 65 heavy (non-hydrogen) atoms. The molecule has 4 amide bonds. The molecule has 0 radical (unpaired) electrons. The Labute approximate surface area is 376 Å². The van der Waals surface area contributed by atoms with Gasteiger partial charge in [0.15, 0.2) is 0 Å². The second kappa shape index (κ2) is 17.9. The van der Waals surface area contributed by atoms with Gasteiger partial charge >= 0.3 is 6.09 Å². The molecule has 338 valence electrons. The van der Waals surface area contributed by atoms with E-state index in [1.165, 1.54) is 7.11 Å². The van der Waals surface area contributed by atoms with E-state index in [4.69, 9.17) is 19.4 Å². The Bertz CT molecular complexity index is 2740. The molecule has 6 aromatic rings. The molecule has 2 saturated heterocycles. The zero-order valence-corrected chi connectivity index (χ0v) is 37.2. The second-order valence-corrected chi connectivity index (χ2v) is 17.8. The molecule has 0 bridgehead atoms. The average molecular weight is 882 g/mol. The lowest BCUT2D eigenvalue weighted by molar-refractivity contribution is -0.139. The van der Waals surface area contributed by atoms with E-state index in [1.807, 2.05) is 52.0 Å². The van der Waals surface area contributed by atoms with Crippen LogP contribution in [0, 0.1) is 11.8 Å². The van der Waals surface area contributed by atoms with Crippen molar-refractivity contribution in [3.05, 3.63) is 102 Å². The van der Waals surface area contributed by atoms with Crippen LogP contribution in [0.2, 0.25) is 0 Å². The lowest BCUT2D eigenvalue weighted by Gasteiger charge is -2.30. The first kappa shape index (κ1) is 43.3. The number of hydrogen-bond acceptors (Lipinski definition) is 9. The van der Waals surface area contributed by atoms with Crippen molar-refractivity contribution in [2.45, 2.75) is 83.8 Å². The minimum atomic E-state index is -0.749. The summed E-state index contributed by atoms with van der Waals surface area (Å²) in [6.07, 6.45) is 5.62. The molecular formula is C49H55N9O7. The number of alkyl carbamates (subject to hydrolysis) is 1. The third-order valence-corrected chi connectivity index (χ3v) is 13.0. The zero-order valence-electron chi connectivity index (χ0n) is 37.2. The molecule has 0 spiro atoms. The van der Waals surface area contributed by atoms with Crippen LogP contribution in [0.25, 0.3) is 44.7 Å². The van der Waals surface area contributed by atoms with Crippen LogP contribution in [-0.4, -0.2) is 102 Å². The summed E-state index contributed by atoms with van der Waals surface area (Å²) >= 11 is 0. The number of nitrogens with zero attached hydrogens (tertiary/aromatic N) is 5. The highest BCUT2D eigenvalue weighted by molar-refractivity contribution is 5.93. The average Bonchev–Trinajstić information content (AvgIpc) is 4.18. The number of hydrogen-bond donors (Lipinski definition) is 5. The highest BCUT2D eigenvalue weighted by atomic mass is 16.5. The smallest absolute Gasteiger partial charge is 0.407 e. The summed E-state index contributed by atoms with van der Waals surface area (Å²) in [6, 6.07) is 22.8. The number of carbonyl (C=O) groups excluding carboxylic acids is 4. The van der Waals surface area contributed by atoms with Crippen LogP contribution in [0.1, 0.15) is 88.9 Å². The first-order valence-corrected chi connectivity index (χ1v) is 22.4. The maximum Gasteiger partial charge on any atom is 0.407 e. The van der Waals surface area contributed by atoms with Crippen LogP contribution in [-0.2, 0) is 19.1 Å². The molecule has 9 rings (SSSR count). The number of fused-ring (bicyclic) bond motifs is 5. The lowest BCUT2D eigenvalue weighted by Crippen LogP contribution is -2.51. The Morgan fingerprint density at radius 1 is 0.785 bits per heavy atom. The SMILES string of the molecule is COC(=O)NC(C(=O)N1CCCC1c1ncc(-c2ccc3c(c2)OC(c2ccccc2)n2c-3cc3cc(-c4cnc(C5CCCN5C(=O)C(NC(=O)CO)C(C)C)[nH]4)ccc32)[nH]1)C(C)C. The van der Waals surface area contributed by atoms with Crippen molar-refractivity contribution in [2.24, 2.45) is 11.8 Å². The fourth-order valence-corrected chi connectivity index (χ4v) is 9.59. The Hall–Kier alpha value is -6.94. The number of H-pyrrole nitrogens is 2. The predicted molar refractivity (Wildman–Crippen MR) is 243 cm³/mol. The normalized spacial score (nSPS) is 18.9. The molecule has 5 atom stereocenters. The molecule has 0 saturated carbocycles. The number of benzene rings is 3. The highest BCUT2D eigenvalue weighted by Crippen LogP contribution is 2.46. The number of amides is 4. The Morgan fingerprint density at radius 3 is 1.95 bits per heavy atom. The van der Waals surface area contributed by atoms with Crippen LogP contribution >= 0.6 is 0 Å². The van der Waals surface area contributed by atoms with Crippen LogP contribution in [0.15, 0.2) is 85.2 Å². The van der Waals surface area contributed by atoms with Crippen molar-refractivity contribution in [1.82, 2.24) is 44.9 Å². The van der Waals surface area contributed by atoms with Gasteiger partial charge in [0.05, 0.1) is 54.2 Å². The first-order valence-electron chi connectivity index (χ1n) is 22.4. The first-order chi connectivity index (χ1) is 31.4. The maximum atomic E-state index is 13.8. The summed E-state index contributed by atoms with van der Waals surface area (Å²) in [6.45, 7) is 7.99. The zero-order chi connectivity index (χ0) is 45.5. The monoisotopic (exact) mass is 881 g/mol. The molecule has 3 aliphatic rings. The number of ether oxygens (including phenoxy) is 2. The molecule has 3 aromatic carbocycles. The number of aliphatic hydroxyl groups is 1. The van der Waals surface area contributed by atoms with Crippen molar-refractivity contribution < 1.29 is 33.8 Å². The van der Waals surface area contributed by atoms with Crippen LogP contribution < -0.4 is 15.4 Å². The molecule has 5 N–H and O–H groups in total. The van der Waals surface area contributed by atoms with Gasteiger partial charge < -0.3 is 49.5 Å². The topological polar surface area (TPSA) is 200 Å². The second-order valence-electron chi connectivity index (χ2n) is 17.8. The number of imidazole rings is 2. The Morgan fingerprint density at radius 2 is 1.37 bits per heavy atom. The number of nitrogens with one attached hydrogen (secondary N) is 4. The van der Waals surface area contributed by atoms with Gasteiger partial charge in [-0.25, -0.2) is 14.8 Å². The van der Waals surface area contributed by atoms with Gasteiger partial charge in [-0.1, -0.05) is 70.2 Å². The van der Waals surface area contributed by atoms with Gasteiger partial charge in [-0.05, 0) is 67.9 Å². The standard InChI is InChI=1S/C49H55N9O7/c1-27(2)42(54-41(60)26-59)46(61)56-19-9-13-37(56)44-50-24-34(52-44)30-16-18-36-32(21-30)22-39-33-17-15-31(23-40(33)65-48(58(36)39)29-11-7-6-8-12-29)35-25-51-45(53-35)38-14-10-20-57(38)47(62)43(28(3)4)55-49(63)64-5/h6-8,11-12,15-18,21-25,27-28,37-38,42-43,48,59H,9-10,13-14,19-20,26H2,1-5H3,(H,50,52)(H,51,53)(H,54,60)(H,55,63). The molecule has 16 heteroatoms. The van der Waals surface area contributed by atoms with Gasteiger partial charge in [0, 0.05) is 40.7 Å². The summed E-state index contributed by atoms with van der Waals surface area (Å²) in [5, 5.41) is 15.8. The van der Waals surface area contributed by atoms with Crippen LogP contribution in [0.3, 0.4) is 0 Å². The number of rotatable bonds is 12. The molecule has 5 unspecified atom stereocenters. The van der Waals surface area contributed by atoms with Gasteiger partial charge in [0.25, 0.3) is 0 Å². The lowest BCUT2D eigenvalue weighted by atomic mass is 10.0. The Kier molecular flexibility index (Phi) is 11.9. The van der Waals surface area contributed by atoms with Crippen molar-refractivity contribution in [3.8, 4) is 39.5 Å². The number of carbonyl (C=O) groups is 4. The van der Waals surface area contributed by atoms with E-state index < -0.39 is 36.9 Å². The van der Waals surface area contributed by atoms with E-state index in [2.05, 4.69) is 73.7 Å². The van der Waals surface area contributed by atoms with Crippen molar-refractivity contribution >= 4 is 34.7 Å². The van der Waals surface area contributed by atoms with E-state index in [0.717, 1.165) is 81.7 Å². The van der Waals surface area contributed by atoms with E-state index >= 15 is 0 Å². The minimum Gasteiger partial charge on any atom is -0.465 e. The van der Waals surface area contributed by atoms with E-state index in [0.29, 0.717) is 24.7 Å². The molecular weight excluding hydrogens is 827 g/mol. The molecule has 6 heterocycles. The quantitative estimate of drug-likeness (QED) is 0.0871. The van der Waals surface area contributed by atoms with Gasteiger partial charge in [-0.3, -0.25) is 14.4 Å². The van der Waals surface area contributed by atoms with Gasteiger partial charge in [0.2, 0.25) is 23.9 Å². The maximum absolute atomic E-state index is 13.8. The van der Waals surface area contributed by atoms with Crippen LogP contribution in [0.5, 0.6) is 5.75 Å². The molecule has 16 nitrogen and oxygen atoms in total. The summed E-state index contributed by atoms with van der Waals surface area (Å²) in [7, 11) is 1.29. The fourth-order valence-electron chi connectivity index (χ4n) is 9.59. The number of methoxy groups -OCH3 is 1. The van der Waals surface area contributed by atoms with Gasteiger partial charge in [0.1, 0.15) is 36.1 Å². The van der Waals surface area contributed by atoms with Crippen molar-refractivity contribution in [3.63, 3.8) is 0 Å². The third-order valence-electron chi connectivity index (χ3n) is 13.0. The third kappa shape index (κ3) is 8.22. The summed E-state index contributed by atoms with van der Waals surface area (Å²) in [4.78, 5) is 71.8. The van der Waals surface area contributed by atoms with Gasteiger partial charge in [-0.2, -0.15) is 0 Å². The Balaban J connectivity index is 1.00. The highest BCUT2D eigenvalue weighted by Gasteiger charge is 2.39. The fraction of sp³-hybridized carbons (Fsp3) is 0.388. The number of aromatic nitrogens is 5. The molecule has 0 aliphatic carbocycles. The van der Waals surface area contributed by atoms with E-state index in [1.54, 1.807) is 22.2 Å². The largest absolute Gasteiger partial charge is 0.465 e. The predicted octanol–water partition coefficient (Wildman–Crippen LogP) is 6.87. The van der Waals surface area contributed by atoms with E-state index in [-0.39, 0.29) is 35.7 Å². The molecule has 2 fully saturated rings. The van der Waals surface area contributed by atoms with Crippen LogP contribution in [0.4, 0.5) is 4.79 Å². The summed E-state index contributed by atoms with van der Waals surface area (Å²) < 4.78 is 14.0. The van der Waals surface area contributed by atoms with Crippen molar-refractivity contribution in [1.29, 1.82) is 0 Å². The van der Waals surface area contributed by atoms with Crippen molar-refractivity contribution in [2.75, 3.05) is 26.8 Å². The number of aromatic amines is 2. The number of aliphatic hydroxyl groups excluding tert-OH is 1. The molecule has 3 aromatic heterocycles.